The normalized spacial score (nSPS) is 16.5. The zero-order valence-corrected chi connectivity index (χ0v) is 13.4. The van der Waals surface area contributed by atoms with Gasteiger partial charge in [0.05, 0.1) is 0 Å². The highest BCUT2D eigenvalue weighted by Crippen LogP contribution is 2.17. The van der Waals surface area contributed by atoms with Crippen LogP contribution >= 0.6 is 0 Å². The van der Waals surface area contributed by atoms with Crippen molar-refractivity contribution in [2.24, 2.45) is 14.1 Å². The Kier molecular flexibility index (Phi) is 5.03. The van der Waals surface area contributed by atoms with E-state index in [4.69, 9.17) is 0 Å². The Morgan fingerprint density at radius 2 is 1.86 bits per heavy atom. The highest BCUT2D eigenvalue weighted by atomic mass is 16.2. The molecule has 0 aromatic carbocycles. The second-order valence-electron chi connectivity index (χ2n) is 5.80. The maximum atomic E-state index is 12.1. The number of hydrogen-bond donors (Lipinski definition) is 1. The van der Waals surface area contributed by atoms with Crippen LogP contribution in [0.3, 0.4) is 0 Å². The molecular weight excluding hydrogens is 282 g/mol. The van der Waals surface area contributed by atoms with Gasteiger partial charge in [0, 0.05) is 33.2 Å². The topological polar surface area (TPSA) is 83.1 Å². The lowest BCUT2D eigenvalue weighted by Crippen LogP contribution is -2.43. The predicted molar refractivity (Wildman–Crippen MR) is 85.0 cm³/mol. The van der Waals surface area contributed by atoms with Crippen molar-refractivity contribution in [2.45, 2.75) is 32.2 Å². The van der Waals surface area contributed by atoms with Gasteiger partial charge in [-0.15, -0.1) is 0 Å². The first-order chi connectivity index (χ1) is 10.5. The molecule has 120 valence electrons. The van der Waals surface area contributed by atoms with E-state index in [1.807, 2.05) is 6.07 Å². The van der Waals surface area contributed by atoms with Gasteiger partial charge in [-0.25, -0.2) is 4.79 Å². The number of rotatable bonds is 4. The Hall–Kier alpha value is -2.07. The van der Waals surface area contributed by atoms with Crippen molar-refractivity contribution < 1.29 is 0 Å². The van der Waals surface area contributed by atoms with Crippen LogP contribution in [-0.4, -0.2) is 39.7 Å². The molecule has 2 heterocycles. The summed E-state index contributed by atoms with van der Waals surface area (Å²) in [7, 11) is 2.97. The van der Waals surface area contributed by atoms with Gasteiger partial charge in [-0.3, -0.25) is 13.9 Å². The lowest BCUT2D eigenvalue weighted by atomic mass is 10.0. The predicted octanol–water partition coefficient (Wildman–Crippen LogP) is 0.242. The van der Waals surface area contributed by atoms with E-state index in [2.05, 4.69) is 17.1 Å². The third kappa shape index (κ3) is 3.07. The fraction of sp³-hybridized carbons (Fsp3) is 0.667. The average molecular weight is 305 g/mol. The van der Waals surface area contributed by atoms with E-state index >= 15 is 0 Å². The summed E-state index contributed by atoms with van der Waals surface area (Å²) in [5.41, 5.74) is -0.966. The molecule has 1 N–H and O–H groups in total. The minimum atomic E-state index is -0.545. The Bertz CT molecular complexity index is 690. The minimum Gasteiger partial charge on any atom is -0.367 e. The fourth-order valence-electron chi connectivity index (χ4n) is 2.92. The number of hydrogen-bond acceptors (Lipinski definition) is 5. The van der Waals surface area contributed by atoms with E-state index in [1.54, 1.807) is 7.05 Å². The molecule has 1 aliphatic heterocycles. The quantitative estimate of drug-likeness (QED) is 0.861. The van der Waals surface area contributed by atoms with Gasteiger partial charge in [0.25, 0.3) is 5.56 Å². The molecule has 0 spiro atoms. The molecule has 1 aromatic rings. The molecule has 1 saturated heterocycles. The van der Waals surface area contributed by atoms with Crippen LogP contribution in [0.2, 0.25) is 0 Å². The van der Waals surface area contributed by atoms with Crippen molar-refractivity contribution in [1.29, 1.82) is 5.26 Å². The molecule has 0 unspecified atom stereocenters. The van der Waals surface area contributed by atoms with Gasteiger partial charge in [0.15, 0.2) is 5.56 Å². The van der Waals surface area contributed by atoms with Gasteiger partial charge < -0.3 is 10.2 Å². The molecule has 0 bridgehead atoms. The first kappa shape index (κ1) is 16.3. The van der Waals surface area contributed by atoms with E-state index < -0.39 is 11.2 Å². The Morgan fingerprint density at radius 1 is 1.23 bits per heavy atom. The molecule has 0 amide bonds. The molecule has 1 aromatic heterocycles. The summed E-state index contributed by atoms with van der Waals surface area (Å²) in [5, 5.41) is 12.5. The Balaban J connectivity index is 2.23. The molecule has 7 nitrogen and oxygen atoms in total. The molecule has 0 radical (unpaired) electrons. The maximum Gasteiger partial charge on any atom is 0.332 e. The maximum absolute atomic E-state index is 12.1. The van der Waals surface area contributed by atoms with Gasteiger partial charge in [0.2, 0.25) is 0 Å². The molecular formula is C15H23N5O2. The van der Waals surface area contributed by atoms with Gasteiger partial charge in [-0.2, -0.15) is 5.26 Å². The van der Waals surface area contributed by atoms with Gasteiger partial charge >= 0.3 is 5.69 Å². The van der Waals surface area contributed by atoms with E-state index in [9.17, 15) is 14.9 Å². The lowest BCUT2D eigenvalue weighted by Gasteiger charge is -2.33. The van der Waals surface area contributed by atoms with Crippen LogP contribution in [0.15, 0.2) is 9.59 Å². The molecule has 1 fully saturated rings. The van der Waals surface area contributed by atoms with Crippen molar-refractivity contribution in [1.82, 2.24) is 14.0 Å². The summed E-state index contributed by atoms with van der Waals surface area (Å²) in [6, 6.07) is 2.10. The van der Waals surface area contributed by atoms with Crippen LogP contribution < -0.4 is 16.6 Å². The molecule has 2 rings (SSSR count). The number of nitrogens with one attached hydrogen (secondary N) is 1. The third-order valence-corrected chi connectivity index (χ3v) is 4.24. The van der Waals surface area contributed by atoms with Gasteiger partial charge in [0.1, 0.15) is 11.9 Å². The van der Waals surface area contributed by atoms with E-state index in [-0.39, 0.29) is 11.6 Å². The van der Waals surface area contributed by atoms with Crippen LogP contribution in [0, 0.1) is 11.3 Å². The van der Waals surface area contributed by atoms with E-state index in [0.717, 1.165) is 43.5 Å². The van der Waals surface area contributed by atoms with Gasteiger partial charge in [-0.05, 0) is 25.8 Å². The standard InChI is InChI=1S/C15H23N5O2/c1-4-7-20-8-5-11(6-9-20)17-13-12(10-16)14(21)19(3)15(22)18(13)2/h11,17H,4-9H2,1-3H3. The van der Waals surface area contributed by atoms with Crippen LogP contribution in [-0.2, 0) is 14.1 Å². The first-order valence-corrected chi connectivity index (χ1v) is 7.68. The summed E-state index contributed by atoms with van der Waals surface area (Å²) in [6.45, 7) is 5.25. The zero-order chi connectivity index (χ0) is 16.3. The summed E-state index contributed by atoms with van der Waals surface area (Å²) in [5.74, 6) is 0.338. The summed E-state index contributed by atoms with van der Waals surface area (Å²) >= 11 is 0. The SMILES string of the molecule is CCCN1CCC(Nc2c(C#N)c(=O)n(C)c(=O)n2C)CC1. The summed E-state index contributed by atoms with van der Waals surface area (Å²) in [6.07, 6.45) is 3.02. The van der Waals surface area contributed by atoms with Crippen LogP contribution in [0.25, 0.3) is 0 Å². The van der Waals surface area contributed by atoms with Crippen molar-refractivity contribution in [3.63, 3.8) is 0 Å². The van der Waals surface area contributed by atoms with Crippen molar-refractivity contribution >= 4 is 5.82 Å². The second-order valence-corrected chi connectivity index (χ2v) is 5.80. The van der Waals surface area contributed by atoms with Crippen LogP contribution in [0.4, 0.5) is 5.82 Å². The molecule has 0 saturated carbocycles. The molecule has 22 heavy (non-hydrogen) atoms. The highest BCUT2D eigenvalue weighted by molar-refractivity contribution is 5.51. The van der Waals surface area contributed by atoms with Crippen LogP contribution in [0.1, 0.15) is 31.7 Å². The second kappa shape index (κ2) is 6.79. The number of nitrogens with zero attached hydrogens (tertiary/aromatic N) is 4. The first-order valence-electron chi connectivity index (χ1n) is 7.68. The van der Waals surface area contributed by atoms with Crippen molar-refractivity contribution in [3.8, 4) is 6.07 Å². The van der Waals surface area contributed by atoms with E-state index in [1.165, 1.54) is 11.6 Å². The van der Waals surface area contributed by atoms with Crippen LogP contribution in [0.5, 0.6) is 0 Å². The Labute approximate surface area is 129 Å². The minimum absolute atomic E-state index is 0.000544. The number of nitriles is 1. The van der Waals surface area contributed by atoms with Crippen molar-refractivity contribution in [2.75, 3.05) is 25.0 Å². The summed E-state index contributed by atoms with van der Waals surface area (Å²) < 4.78 is 2.31. The monoisotopic (exact) mass is 305 g/mol. The summed E-state index contributed by atoms with van der Waals surface area (Å²) in [4.78, 5) is 26.5. The largest absolute Gasteiger partial charge is 0.367 e. The number of anilines is 1. The number of piperidine rings is 1. The smallest absolute Gasteiger partial charge is 0.332 e. The highest BCUT2D eigenvalue weighted by Gasteiger charge is 2.22. The third-order valence-electron chi connectivity index (χ3n) is 4.24. The molecule has 0 aliphatic carbocycles. The number of aromatic nitrogens is 2. The Morgan fingerprint density at radius 3 is 2.41 bits per heavy atom. The van der Waals surface area contributed by atoms with Crippen molar-refractivity contribution in [3.05, 3.63) is 26.4 Å². The molecule has 0 atom stereocenters. The molecule has 1 aliphatic rings. The zero-order valence-electron chi connectivity index (χ0n) is 13.4. The molecule has 7 heteroatoms. The lowest BCUT2D eigenvalue weighted by molar-refractivity contribution is 0.219. The fourth-order valence-corrected chi connectivity index (χ4v) is 2.92. The average Bonchev–Trinajstić information content (AvgIpc) is 2.53. The number of likely N-dealkylation sites (tertiary alicyclic amines) is 1. The van der Waals surface area contributed by atoms with E-state index in [0.29, 0.717) is 5.82 Å². The van der Waals surface area contributed by atoms with Gasteiger partial charge in [-0.1, -0.05) is 6.92 Å².